The van der Waals surface area contributed by atoms with Crippen LogP contribution in [0.3, 0.4) is 0 Å². The second-order valence-corrected chi connectivity index (χ2v) is 8.37. The van der Waals surface area contributed by atoms with Gasteiger partial charge in [0.1, 0.15) is 11.5 Å². The molecule has 1 unspecified atom stereocenters. The number of benzene rings is 1. The molecular weight excluding hydrogens is 418 g/mol. The van der Waals surface area contributed by atoms with Crippen molar-refractivity contribution in [2.24, 2.45) is 0 Å². The fourth-order valence-electron chi connectivity index (χ4n) is 4.20. The van der Waals surface area contributed by atoms with Gasteiger partial charge in [-0.1, -0.05) is 31.2 Å². The summed E-state index contributed by atoms with van der Waals surface area (Å²) in [5.41, 5.74) is 4.21. The van der Waals surface area contributed by atoms with E-state index in [4.69, 9.17) is 9.72 Å². The van der Waals surface area contributed by atoms with Crippen molar-refractivity contribution >= 4 is 11.7 Å². The van der Waals surface area contributed by atoms with Gasteiger partial charge >= 0.3 is 0 Å². The maximum atomic E-state index is 13.0. The maximum absolute atomic E-state index is 13.0. The summed E-state index contributed by atoms with van der Waals surface area (Å²) in [5, 5.41) is 7.67. The van der Waals surface area contributed by atoms with Gasteiger partial charge in [0, 0.05) is 44.6 Å². The van der Waals surface area contributed by atoms with E-state index in [1.54, 1.807) is 17.7 Å². The minimum Gasteiger partial charge on any atom is -0.381 e. The van der Waals surface area contributed by atoms with Crippen molar-refractivity contribution in [3.63, 3.8) is 0 Å². The molecule has 9 heteroatoms. The Morgan fingerprint density at radius 2 is 2.06 bits per heavy atom. The van der Waals surface area contributed by atoms with Gasteiger partial charge in [-0.15, -0.1) is 0 Å². The molecule has 33 heavy (non-hydrogen) atoms. The zero-order valence-corrected chi connectivity index (χ0v) is 19.1. The third-order valence-electron chi connectivity index (χ3n) is 6.05. The number of amides is 1. The van der Waals surface area contributed by atoms with E-state index in [0.29, 0.717) is 24.4 Å². The summed E-state index contributed by atoms with van der Waals surface area (Å²) in [6.45, 7) is 5.17. The lowest BCUT2D eigenvalue weighted by atomic mass is 10.1. The third kappa shape index (κ3) is 4.11. The highest BCUT2D eigenvalue weighted by atomic mass is 16.5. The predicted octanol–water partition coefficient (Wildman–Crippen LogP) is 2.75. The van der Waals surface area contributed by atoms with Crippen molar-refractivity contribution in [3.05, 3.63) is 65.0 Å². The van der Waals surface area contributed by atoms with Crippen LogP contribution in [0.5, 0.6) is 0 Å². The number of imidazole rings is 1. The van der Waals surface area contributed by atoms with Crippen LogP contribution in [-0.2, 0) is 30.7 Å². The number of nitrogens with zero attached hydrogens (tertiary/aromatic N) is 6. The highest BCUT2D eigenvalue weighted by molar-refractivity contribution is 5.94. The van der Waals surface area contributed by atoms with E-state index < -0.39 is 0 Å². The van der Waals surface area contributed by atoms with Crippen LogP contribution in [0.4, 0.5) is 0 Å². The van der Waals surface area contributed by atoms with Gasteiger partial charge in [0.05, 0.1) is 11.8 Å². The zero-order valence-electron chi connectivity index (χ0n) is 19.1. The highest BCUT2D eigenvalue weighted by Gasteiger charge is 2.22. The molecule has 0 fully saturated rings. The van der Waals surface area contributed by atoms with Crippen molar-refractivity contribution in [1.29, 1.82) is 0 Å². The molecule has 5 rings (SSSR count). The summed E-state index contributed by atoms with van der Waals surface area (Å²) >= 11 is 0. The fourth-order valence-corrected chi connectivity index (χ4v) is 4.20. The summed E-state index contributed by atoms with van der Waals surface area (Å²) in [6, 6.07) is 7.98. The molecule has 1 N–H and O–H groups in total. The van der Waals surface area contributed by atoms with Crippen molar-refractivity contribution in [3.8, 4) is 11.4 Å². The van der Waals surface area contributed by atoms with E-state index in [0.717, 1.165) is 53.4 Å². The molecule has 4 aromatic rings. The quantitative estimate of drug-likeness (QED) is 0.490. The summed E-state index contributed by atoms with van der Waals surface area (Å²) in [5.74, 6) is 2.06. The van der Waals surface area contributed by atoms with E-state index in [2.05, 4.69) is 20.4 Å². The third-order valence-corrected chi connectivity index (χ3v) is 6.05. The normalized spacial score (nSPS) is 15.5. The molecule has 3 aromatic heterocycles. The molecule has 1 aromatic carbocycles. The number of rotatable bonds is 6. The molecule has 170 valence electrons. The highest BCUT2D eigenvalue weighted by Crippen LogP contribution is 2.21. The predicted molar refractivity (Wildman–Crippen MR) is 123 cm³/mol. The SMILES string of the molecule is CCc1nc2ncc(C)cn2c1C(=O)NCc1ccc(-c2nc3n(n2)CCC(OC)C3)cc1. The average Bonchev–Trinajstić information content (AvgIpc) is 3.43. The first kappa shape index (κ1) is 21.3. The van der Waals surface area contributed by atoms with Gasteiger partial charge in [-0.25, -0.2) is 19.6 Å². The molecular formula is C24H27N7O2. The van der Waals surface area contributed by atoms with Gasteiger partial charge < -0.3 is 10.1 Å². The number of carbonyl (C=O) groups excluding carboxylic acids is 1. The van der Waals surface area contributed by atoms with Gasteiger partial charge in [-0.3, -0.25) is 9.20 Å². The number of aryl methyl sites for hydroxylation is 3. The first-order valence-corrected chi connectivity index (χ1v) is 11.2. The lowest BCUT2D eigenvalue weighted by Gasteiger charge is -2.20. The van der Waals surface area contributed by atoms with Crippen LogP contribution in [-0.4, -0.2) is 48.3 Å². The first-order valence-electron chi connectivity index (χ1n) is 11.2. The van der Waals surface area contributed by atoms with Gasteiger partial charge in [0.25, 0.3) is 5.91 Å². The molecule has 1 aliphatic heterocycles. The topological polar surface area (TPSA) is 99.2 Å². The molecule has 0 radical (unpaired) electrons. The number of fused-ring (bicyclic) bond motifs is 2. The van der Waals surface area contributed by atoms with Gasteiger partial charge in [0.2, 0.25) is 5.78 Å². The minimum absolute atomic E-state index is 0.160. The Labute approximate surface area is 191 Å². The summed E-state index contributed by atoms with van der Waals surface area (Å²) in [6.07, 6.45) is 6.25. The van der Waals surface area contributed by atoms with E-state index in [1.165, 1.54) is 0 Å². The van der Waals surface area contributed by atoms with Gasteiger partial charge in [0.15, 0.2) is 5.82 Å². The Bertz CT molecular complexity index is 1310. The monoisotopic (exact) mass is 445 g/mol. The van der Waals surface area contributed by atoms with Crippen molar-refractivity contribution in [1.82, 2.24) is 34.4 Å². The average molecular weight is 446 g/mol. The van der Waals surface area contributed by atoms with Crippen molar-refractivity contribution in [2.75, 3.05) is 7.11 Å². The second-order valence-electron chi connectivity index (χ2n) is 8.37. The largest absolute Gasteiger partial charge is 0.381 e. The molecule has 4 heterocycles. The van der Waals surface area contributed by atoms with E-state index >= 15 is 0 Å². The number of hydrogen-bond acceptors (Lipinski definition) is 6. The maximum Gasteiger partial charge on any atom is 0.270 e. The Morgan fingerprint density at radius 1 is 1.24 bits per heavy atom. The molecule has 0 spiro atoms. The van der Waals surface area contributed by atoms with Crippen LogP contribution in [0.25, 0.3) is 17.2 Å². The van der Waals surface area contributed by atoms with E-state index in [-0.39, 0.29) is 12.0 Å². The van der Waals surface area contributed by atoms with Crippen molar-refractivity contribution < 1.29 is 9.53 Å². The molecule has 1 atom stereocenters. The molecule has 0 saturated carbocycles. The Balaban J connectivity index is 1.29. The lowest BCUT2D eigenvalue weighted by molar-refractivity contribution is 0.0776. The summed E-state index contributed by atoms with van der Waals surface area (Å²) in [7, 11) is 1.74. The second kappa shape index (κ2) is 8.74. The molecule has 0 saturated heterocycles. The minimum atomic E-state index is -0.160. The Hall–Kier alpha value is -3.59. The van der Waals surface area contributed by atoms with Crippen LogP contribution >= 0.6 is 0 Å². The zero-order chi connectivity index (χ0) is 22.9. The Morgan fingerprint density at radius 3 is 2.82 bits per heavy atom. The number of hydrogen-bond donors (Lipinski definition) is 1. The van der Waals surface area contributed by atoms with Crippen LogP contribution in [0.1, 0.15) is 46.5 Å². The summed E-state index contributed by atoms with van der Waals surface area (Å²) < 4.78 is 9.21. The molecule has 0 aliphatic carbocycles. The van der Waals surface area contributed by atoms with Crippen LogP contribution in [0, 0.1) is 6.92 Å². The molecule has 0 bridgehead atoms. The first-order chi connectivity index (χ1) is 16.1. The van der Waals surface area contributed by atoms with Crippen LogP contribution < -0.4 is 5.32 Å². The van der Waals surface area contributed by atoms with Crippen LogP contribution in [0.15, 0.2) is 36.7 Å². The number of aromatic nitrogens is 6. The molecule has 9 nitrogen and oxygen atoms in total. The Kier molecular flexibility index (Phi) is 5.63. The van der Waals surface area contributed by atoms with Gasteiger partial charge in [-0.2, -0.15) is 5.10 Å². The van der Waals surface area contributed by atoms with E-state index in [9.17, 15) is 4.79 Å². The molecule has 1 amide bonds. The fraction of sp³-hybridized carbons (Fsp3) is 0.375. The van der Waals surface area contributed by atoms with Gasteiger partial charge in [-0.05, 0) is 30.9 Å². The lowest BCUT2D eigenvalue weighted by Crippen LogP contribution is -2.25. The summed E-state index contributed by atoms with van der Waals surface area (Å²) in [4.78, 5) is 26.5. The van der Waals surface area contributed by atoms with Crippen molar-refractivity contribution in [2.45, 2.75) is 52.3 Å². The number of methoxy groups -OCH3 is 1. The number of ether oxygens (including phenoxy) is 1. The molecule has 1 aliphatic rings. The number of nitrogens with one attached hydrogen (secondary N) is 1. The van der Waals surface area contributed by atoms with E-state index in [1.807, 2.05) is 49.0 Å². The standard InChI is InChI=1S/C24H27N7O2/c1-4-19-21(30-14-15(2)12-26-24(30)27-19)23(32)25-13-16-5-7-17(8-6-16)22-28-20-11-18(33-3)9-10-31(20)29-22/h5-8,12,14,18H,4,9-11,13H2,1-3H3,(H,25,32). The number of carbonyl (C=O) groups is 1. The smallest absolute Gasteiger partial charge is 0.270 e. The van der Waals surface area contributed by atoms with Crippen LogP contribution in [0.2, 0.25) is 0 Å².